The SMILES string of the molecule is CS(=O)(=O)c1ccc(C(O)CCI)cc1. The van der Waals surface area contributed by atoms with Crippen molar-refractivity contribution in [3.05, 3.63) is 29.8 Å². The van der Waals surface area contributed by atoms with Crippen LogP contribution in [-0.2, 0) is 9.84 Å². The molecule has 1 unspecified atom stereocenters. The Hall–Kier alpha value is -0.140. The van der Waals surface area contributed by atoms with E-state index in [0.29, 0.717) is 6.42 Å². The molecule has 3 nitrogen and oxygen atoms in total. The number of rotatable bonds is 4. The molecule has 0 aromatic heterocycles. The molecule has 1 atom stereocenters. The normalized spacial score (nSPS) is 13.8. The van der Waals surface area contributed by atoms with Gasteiger partial charge in [-0.3, -0.25) is 0 Å². The van der Waals surface area contributed by atoms with Crippen LogP contribution in [0.5, 0.6) is 0 Å². The summed E-state index contributed by atoms with van der Waals surface area (Å²) < 4.78 is 23.2. The van der Waals surface area contributed by atoms with Gasteiger partial charge in [-0.15, -0.1) is 0 Å². The third kappa shape index (κ3) is 3.73. The molecule has 1 rings (SSSR count). The van der Waals surface area contributed by atoms with Gasteiger partial charge in [-0.05, 0) is 24.1 Å². The van der Waals surface area contributed by atoms with Gasteiger partial charge in [-0.1, -0.05) is 34.7 Å². The Kier molecular flexibility index (Phi) is 4.54. The van der Waals surface area contributed by atoms with Gasteiger partial charge in [-0.2, -0.15) is 0 Å². The molecule has 0 amide bonds. The molecule has 1 aromatic rings. The summed E-state index contributed by atoms with van der Waals surface area (Å²) in [5.41, 5.74) is 0.763. The molecule has 0 radical (unpaired) electrons. The molecule has 0 heterocycles. The van der Waals surface area contributed by atoms with E-state index < -0.39 is 15.9 Å². The number of hydrogen-bond acceptors (Lipinski definition) is 3. The second-order valence-electron chi connectivity index (χ2n) is 3.33. The fraction of sp³-hybridized carbons (Fsp3) is 0.400. The summed E-state index contributed by atoms with van der Waals surface area (Å²) in [6.07, 6.45) is 1.35. The predicted molar refractivity (Wildman–Crippen MR) is 68.0 cm³/mol. The Morgan fingerprint density at radius 2 is 1.87 bits per heavy atom. The van der Waals surface area contributed by atoms with E-state index in [1.165, 1.54) is 18.4 Å². The average Bonchev–Trinajstić information content (AvgIpc) is 2.17. The lowest BCUT2D eigenvalue weighted by molar-refractivity contribution is 0.176. The lowest BCUT2D eigenvalue weighted by atomic mass is 10.1. The molecule has 0 bridgehead atoms. The van der Waals surface area contributed by atoms with Crippen LogP contribution in [-0.4, -0.2) is 24.2 Å². The van der Waals surface area contributed by atoms with Crippen molar-refractivity contribution in [1.82, 2.24) is 0 Å². The summed E-state index contributed by atoms with van der Waals surface area (Å²) in [4.78, 5) is 0.285. The molecular formula is C10H13IO3S. The molecule has 0 fully saturated rings. The highest BCUT2D eigenvalue weighted by atomic mass is 127. The summed E-state index contributed by atoms with van der Waals surface area (Å²) in [5, 5.41) is 9.66. The van der Waals surface area contributed by atoms with Crippen LogP contribution in [0.25, 0.3) is 0 Å². The first-order valence-corrected chi connectivity index (χ1v) is 7.91. The number of benzene rings is 1. The summed E-state index contributed by atoms with van der Waals surface area (Å²) in [5.74, 6) is 0. The van der Waals surface area contributed by atoms with Crippen LogP contribution >= 0.6 is 22.6 Å². The van der Waals surface area contributed by atoms with Crippen molar-refractivity contribution in [2.45, 2.75) is 17.4 Å². The van der Waals surface area contributed by atoms with Gasteiger partial charge >= 0.3 is 0 Å². The summed E-state index contributed by atoms with van der Waals surface area (Å²) >= 11 is 2.19. The van der Waals surface area contributed by atoms with Crippen LogP contribution in [0.15, 0.2) is 29.2 Å². The standard InChI is InChI=1S/C10H13IO3S/c1-15(13,14)9-4-2-8(3-5-9)10(12)6-7-11/h2-5,10,12H,6-7H2,1H3. The molecule has 0 saturated carbocycles. The molecule has 0 aliphatic rings. The van der Waals surface area contributed by atoms with E-state index in [1.54, 1.807) is 12.1 Å². The van der Waals surface area contributed by atoms with Crippen molar-refractivity contribution in [3.8, 4) is 0 Å². The van der Waals surface area contributed by atoms with Crippen molar-refractivity contribution < 1.29 is 13.5 Å². The van der Waals surface area contributed by atoms with Crippen LogP contribution in [0, 0.1) is 0 Å². The topological polar surface area (TPSA) is 54.4 Å². The molecule has 0 saturated heterocycles. The Morgan fingerprint density at radius 3 is 2.27 bits per heavy atom. The van der Waals surface area contributed by atoms with Crippen LogP contribution in [0.2, 0.25) is 0 Å². The molecule has 0 aliphatic heterocycles. The highest BCUT2D eigenvalue weighted by Crippen LogP contribution is 2.19. The highest BCUT2D eigenvalue weighted by Gasteiger charge is 2.09. The van der Waals surface area contributed by atoms with Gasteiger partial charge in [0.2, 0.25) is 0 Å². The Balaban J connectivity index is 2.90. The number of alkyl halides is 1. The Labute approximate surface area is 104 Å². The number of sulfone groups is 1. The number of aliphatic hydroxyl groups excluding tert-OH is 1. The second-order valence-corrected chi connectivity index (χ2v) is 6.43. The molecule has 0 spiro atoms. The van der Waals surface area contributed by atoms with Crippen LogP contribution in [0.1, 0.15) is 18.1 Å². The van der Waals surface area contributed by atoms with Crippen molar-refractivity contribution >= 4 is 32.4 Å². The van der Waals surface area contributed by atoms with Gasteiger partial charge in [-0.25, -0.2) is 8.42 Å². The van der Waals surface area contributed by atoms with Crippen molar-refractivity contribution in [3.63, 3.8) is 0 Å². The lowest BCUT2D eigenvalue weighted by Crippen LogP contribution is -2.00. The first kappa shape index (κ1) is 12.9. The molecule has 15 heavy (non-hydrogen) atoms. The van der Waals surface area contributed by atoms with E-state index in [4.69, 9.17) is 0 Å². The van der Waals surface area contributed by atoms with E-state index in [9.17, 15) is 13.5 Å². The first-order valence-electron chi connectivity index (χ1n) is 4.49. The Bertz CT molecular complexity index is 411. The minimum Gasteiger partial charge on any atom is -0.388 e. The molecule has 84 valence electrons. The van der Waals surface area contributed by atoms with Gasteiger partial charge in [0.25, 0.3) is 0 Å². The van der Waals surface area contributed by atoms with E-state index in [0.717, 1.165) is 9.99 Å². The quantitative estimate of drug-likeness (QED) is 0.673. The minimum atomic E-state index is -3.14. The monoisotopic (exact) mass is 340 g/mol. The average molecular weight is 340 g/mol. The van der Waals surface area contributed by atoms with Crippen molar-refractivity contribution in [2.24, 2.45) is 0 Å². The van der Waals surface area contributed by atoms with E-state index in [-0.39, 0.29) is 4.90 Å². The maximum absolute atomic E-state index is 11.2. The molecule has 1 N–H and O–H groups in total. The van der Waals surface area contributed by atoms with Gasteiger partial charge < -0.3 is 5.11 Å². The second kappa shape index (κ2) is 5.27. The van der Waals surface area contributed by atoms with E-state index >= 15 is 0 Å². The summed E-state index contributed by atoms with van der Waals surface area (Å²) in [6.45, 7) is 0. The Morgan fingerprint density at radius 1 is 1.33 bits per heavy atom. The zero-order chi connectivity index (χ0) is 11.5. The number of aliphatic hydroxyl groups is 1. The lowest BCUT2D eigenvalue weighted by Gasteiger charge is -2.09. The van der Waals surface area contributed by atoms with Crippen LogP contribution in [0.4, 0.5) is 0 Å². The van der Waals surface area contributed by atoms with Crippen molar-refractivity contribution in [1.29, 1.82) is 0 Å². The van der Waals surface area contributed by atoms with E-state index in [1.807, 2.05) is 0 Å². The molecule has 1 aromatic carbocycles. The fourth-order valence-electron chi connectivity index (χ4n) is 1.21. The van der Waals surface area contributed by atoms with Gasteiger partial charge in [0.15, 0.2) is 9.84 Å². The van der Waals surface area contributed by atoms with Crippen molar-refractivity contribution in [2.75, 3.05) is 10.7 Å². The molecule has 0 aliphatic carbocycles. The number of halogens is 1. The smallest absolute Gasteiger partial charge is 0.175 e. The minimum absolute atomic E-state index is 0.285. The summed E-state index contributed by atoms with van der Waals surface area (Å²) in [7, 11) is -3.14. The highest BCUT2D eigenvalue weighted by molar-refractivity contribution is 14.1. The van der Waals surface area contributed by atoms with Gasteiger partial charge in [0.05, 0.1) is 11.0 Å². The summed E-state index contributed by atoms with van der Waals surface area (Å²) in [6, 6.07) is 6.38. The maximum Gasteiger partial charge on any atom is 0.175 e. The predicted octanol–water partition coefficient (Wildman–Crippen LogP) is 1.95. The zero-order valence-electron chi connectivity index (χ0n) is 8.35. The van der Waals surface area contributed by atoms with Crippen LogP contribution < -0.4 is 0 Å². The van der Waals surface area contributed by atoms with E-state index in [2.05, 4.69) is 22.6 Å². The number of hydrogen-bond donors (Lipinski definition) is 1. The largest absolute Gasteiger partial charge is 0.388 e. The third-order valence-electron chi connectivity index (χ3n) is 2.08. The fourth-order valence-corrected chi connectivity index (χ4v) is 2.43. The first-order chi connectivity index (χ1) is 6.95. The van der Waals surface area contributed by atoms with Crippen LogP contribution in [0.3, 0.4) is 0 Å². The van der Waals surface area contributed by atoms with Gasteiger partial charge in [0.1, 0.15) is 0 Å². The van der Waals surface area contributed by atoms with Gasteiger partial charge in [0, 0.05) is 10.7 Å². The molecule has 5 heteroatoms. The third-order valence-corrected chi connectivity index (χ3v) is 3.83. The maximum atomic E-state index is 11.2. The molecular weight excluding hydrogens is 327 g/mol. The zero-order valence-corrected chi connectivity index (χ0v) is 11.3.